The maximum absolute atomic E-state index is 4.36. The zero-order valence-electron chi connectivity index (χ0n) is 8.98. The zero-order chi connectivity index (χ0) is 10.2. The minimum absolute atomic E-state index is 0.910. The molecule has 1 aromatic rings. The molecule has 0 aliphatic rings. The van der Waals surface area contributed by atoms with E-state index in [-0.39, 0.29) is 0 Å². The smallest absolute Gasteiger partial charge is 0.0401 e. The van der Waals surface area contributed by atoms with Gasteiger partial charge in [0.25, 0.3) is 0 Å². The van der Waals surface area contributed by atoms with E-state index in [0.717, 1.165) is 19.5 Å². The lowest BCUT2D eigenvalue weighted by atomic mass is 10.2. The Labute approximate surface area is 86.3 Å². The number of aliphatic imine (C=N–C) groups is 1. The minimum atomic E-state index is 0.910. The second-order valence-electron chi connectivity index (χ2n) is 3.60. The van der Waals surface area contributed by atoms with Crippen LogP contribution in [0.5, 0.6) is 0 Å². The van der Waals surface area contributed by atoms with E-state index in [9.17, 15) is 0 Å². The first-order valence-corrected chi connectivity index (χ1v) is 4.98. The highest BCUT2D eigenvalue weighted by atomic mass is 15.0. The summed E-state index contributed by atoms with van der Waals surface area (Å²) >= 11 is 0. The van der Waals surface area contributed by atoms with Gasteiger partial charge in [0.15, 0.2) is 0 Å². The predicted molar refractivity (Wildman–Crippen MR) is 62.1 cm³/mol. The molecule has 0 bridgehead atoms. The van der Waals surface area contributed by atoms with Crippen LogP contribution in [0.25, 0.3) is 0 Å². The highest BCUT2D eigenvalue weighted by Crippen LogP contribution is 1.94. The van der Waals surface area contributed by atoms with Crippen molar-refractivity contribution in [1.29, 1.82) is 0 Å². The number of rotatable bonds is 5. The molecule has 2 nitrogen and oxygen atoms in total. The van der Waals surface area contributed by atoms with Crippen LogP contribution >= 0.6 is 0 Å². The van der Waals surface area contributed by atoms with E-state index in [4.69, 9.17) is 0 Å². The van der Waals surface area contributed by atoms with Gasteiger partial charge in [-0.15, -0.1) is 0 Å². The molecule has 1 rings (SSSR count). The summed E-state index contributed by atoms with van der Waals surface area (Å²) in [6, 6.07) is 10.2. The summed E-state index contributed by atoms with van der Waals surface area (Å²) in [6.07, 6.45) is 3.06. The topological polar surface area (TPSA) is 15.6 Å². The van der Waals surface area contributed by atoms with Gasteiger partial charge in [0, 0.05) is 12.8 Å². The first kappa shape index (κ1) is 10.9. The molecule has 0 atom stereocenters. The Kier molecular flexibility index (Phi) is 4.94. The van der Waals surface area contributed by atoms with Gasteiger partial charge in [-0.3, -0.25) is 4.99 Å². The standard InChI is InChI=1S/C12H18N2/c1-14(2)10-6-9-13-11-12-7-4-3-5-8-12/h3-5,7-8,11H,6,9-10H2,1-2H3. The number of hydrogen-bond donors (Lipinski definition) is 0. The maximum atomic E-state index is 4.36. The van der Waals surface area contributed by atoms with Crippen molar-refractivity contribution in [3.63, 3.8) is 0 Å². The fraction of sp³-hybridized carbons (Fsp3) is 0.417. The monoisotopic (exact) mass is 190 g/mol. The Bertz CT molecular complexity index is 265. The summed E-state index contributed by atoms with van der Waals surface area (Å²) in [6.45, 7) is 2.01. The van der Waals surface area contributed by atoms with Crippen LogP contribution in [0.2, 0.25) is 0 Å². The summed E-state index contributed by atoms with van der Waals surface area (Å²) in [5.41, 5.74) is 1.18. The van der Waals surface area contributed by atoms with Crippen LogP contribution in [0.1, 0.15) is 12.0 Å². The molecular formula is C12H18N2. The quantitative estimate of drug-likeness (QED) is 0.512. The SMILES string of the molecule is CN(C)CCCN=Cc1ccccc1. The van der Waals surface area contributed by atoms with Gasteiger partial charge in [0.1, 0.15) is 0 Å². The fourth-order valence-corrected chi connectivity index (χ4v) is 1.19. The molecule has 0 aliphatic heterocycles. The van der Waals surface area contributed by atoms with Crippen LogP contribution in [-0.2, 0) is 0 Å². The Balaban J connectivity index is 2.21. The molecule has 0 radical (unpaired) electrons. The molecule has 0 saturated heterocycles. The van der Waals surface area contributed by atoms with Gasteiger partial charge in [0.05, 0.1) is 0 Å². The molecule has 0 saturated carbocycles. The van der Waals surface area contributed by atoms with Gasteiger partial charge in [-0.2, -0.15) is 0 Å². The average Bonchev–Trinajstić information content (AvgIpc) is 2.18. The highest BCUT2D eigenvalue weighted by Gasteiger charge is 1.88. The third-order valence-electron chi connectivity index (χ3n) is 1.93. The minimum Gasteiger partial charge on any atom is -0.309 e. The normalized spacial score (nSPS) is 11.4. The van der Waals surface area contributed by atoms with Crippen molar-refractivity contribution in [2.75, 3.05) is 27.2 Å². The van der Waals surface area contributed by atoms with Crippen molar-refractivity contribution in [1.82, 2.24) is 4.90 Å². The van der Waals surface area contributed by atoms with E-state index in [1.54, 1.807) is 0 Å². The third-order valence-corrected chi connectivity index (χ3v) is 1.93. The van der Waals surface area contributed by atoms with Crippen molar-refractivity contribution < 1.29 is 0 Å². The van der Waals surface area contributed by atoms with Gasteiger partial charge in [-0.1, -0.05) is 30.3 Å². The lowest BCUT2D eigenvalue weighted by Gasteiger charge is -2.06. The molecule has 0 fully saturated rings. The highest BCUT2D eigenvalue weighted by molar-refractivity contribution is 5.79. The molecule has 0 amide bonds. The van der Waals surface area contributed by atoms with Gasteiger partial charge >= 0.3 is 0 Å². The van der Waals surface area contributed by atoms with E-state index < -0.39 is 0 Å². The van der Waals surface area contributed by atoms with Gasteiger partial charge in [-0.25, -0.2) is 0 Å². The first-order valence-electron chi connectivity index (χ1n) is 4.98. The Morgan fingerprint density at radius 3 is 2.57 bits per heavy atom. The van der Waals surface area contributed by atoms with Crippen LogP contribution < -0.4 is 0 Å². The van der Waals surface area contributed by atoms with Crippen LogP contribution in [0.4, 0.5) is 0 Å². The average molecular weight is 190 g/mol. The van der Waals surface area contributed by atoms with E-state index >= 15 is 0 Å². The van der Waals surface area contributed by atoms with Crippen molar-refractivity contribution in [2.45, 2.75) is 6.42 Å². The van der Waals surface area contributed by atoms with E-state index in [2.05, 4.69) is 36.1 Å². The molecule has 0 aliphatic carbocycles. The number of hydrogen-bond acceptors (Lipinski definition) is 2. The molecule has 0 aromatic heterocycles. The molecular weight excluding hydrogens is 172 g/mol. The summed E-state index contributed by atoms with van der Waals surface area (Å²) in [4.78, 5) is 6.54. The summed E-state index contributed by atoms with van der Waals surface area (Å²) in [5, 5.41) is 0. The molecule has 0 spiro atoms. The molecule has 0 heterocycles. The summed E-state index contributed by atoms with van der Waals surface area (Å²) in [5.74, 6) is 0. The van der Waals surface area contributed by atoms with E-state index in [0.29, 0.717) is 0 Å². The lowest BCUT2D eigenvalue weighted by molar-refractivity contribution is 0.403. The third kappa shape index (κ3) is 4.77. The zero-order valence-corrected chi connectivity index (χ0v) is 8.98. The fourth-order valence-electron chi connectivity index (χ4n) is 1.19. The first-order chi connectivity index (χ1) is 6.79. The molecule has 0 N–H and O–H groups in total. The number of benzene rings is 1. The molecule has 2 heteroatoms. The van der Waals surface area contributed by atoms with Crippen molar-refractivity contribution >= 4 is 6.21 Å². The molecule has 0 unspecified atom stereocenters. The molecule has 1 aromatic carbocycles. The Hall–Kier alpha value is -1.15. The Morgan fingerprint density at radius 2 is 1.93 bits per heavy atom. The van der Waals surface area contributed by atoms with Crippen LogP contribution in [0, 0.1) is 0 Å². The van der Waals surface area contributed by atoms with Crippen LogP contribution in [0.3, 0.4) is 0 Å². The molecule has 14 heavy (non-hydrogen) atoms. The van der Waals surface area contributed by atoms with Crippen LogP contribution in [0.15, 0.2) is 35.3 Å². The van der Waals surface area contributed by atoms with Crippen molar-refractivity contribution in [2.24, 2.45) is 4.99 Å². The van der Waals surface area contributed by atoms with E-state index in [1.165, 1.54) is 5.56 Å². The second kappa shape index (κ2) is 6.33. The largest absolute Gasteiger partial charge is 0.309 e. The van der Waals surface area contributed by atoms with Gasteiger partial charge < -0.3 is 4.90 Å². The van der Waals surface area contributed by atoms with Crippen LogP contribution in [-0.4, -0.2) is 38.3 Å². The van der Waals surface area contributed by atoms with Crippen molar-refractivity contribution in [3.8, 4) is 0 Å². The van der Waals surface area contributed by atoms with Gasteiger partial charge in [-0.05, 0) is 32.6 Å². The predicted octanol–water partition coefficient (Wildman–Crippen LogP) is 2.06. The van der Waals surface area contributed by atoms with E-state index in [1.807, 2.05) is 24.4 Å². The maximum Gasteiger partial charge on any atom is 0.0401 e. The number of nitrogens with zero attached hydrogens (tertiary/aromatic N) is 2. The summed E-state index contributed by atoms with van der Waals surface area (Å²) in [7, 11) is 4.17. The second-order valence-corrected chi connectivity index (χ2v) is 3.60. The molecule has 76 valence electrons. The summed E-state index contributed by atoms with van der Waals surface area (Å²) < 4.78 is 0. The Morgan fingerprint density at radius 1 is 1.21 bits per heavy atom. The van der Waals surface area contributed by atoms with Gasteiger partial charge in [0.2, 0.25) is 0 Å². The van der Waals surface area contributed by atoms with Crippen molar-refractivity contribution in [3.05, 3.63) is 35.9 Å². The lowest BCUT2D eigenvalue weighted by Crippen LogP contribution is -2.13.